The predicted molar refractivity (Wildman–Crippen MR) is 128 cm³/mol. The van der Waals surface area contributed by atoms with Gasteiger partial charge in [0.05, 0.1) is 16.7 Å². The maximum Gasteiger partial charge on any atom is 0.387 e. The van der Waals surface area contributed by atoms with Gasteiger partial charge >= 0.3 is 6.61 Å². The van der Waals surface area contributed by atoms with Gasteiger partial charge in [-0.05, 0) is 37.5 Å². The molecule has 214 valence electrons. The summed E-state index contributed by atoms with van der Waals surface area (Å²) in [5, 5.41) is 9.52. The molecule has 1 heterocycles. The molecular weight excluding hydrogens is 588 g/mol. The Morgan fingerprint density at radius 1 is 1.05 bits per heavy atom. The number of ether oxygens (including phenoxy) is 1. The van der Waals surface area contributed by atoms with E-state index in [0.29, 0.717) is 15.7 Å². The summed E-state index contributed by atoms with van der Waals surface area (Å²) < 4.78 is 141. The fraction of sp³-hybridized carbons (Fsp3) is 0.292. The van der Waals surface area contributed by atoms with Gasteiger partial charge < -0.3 is 4.74 Å². The van der Waals surface area contributed by atoms with Crippen LogP contribution in [0.1, 0.15) is 23.2 Å². The molecule has 1 N–H and O–H groups in total. The third kappa shape index (κ3) is 5.22. The van der Waals surface area contributed by atoms with Crippen molar-refractivity contribution in [3.05, 3.63) is 71.1 Å². The van der Waals surface area contributed by atoms with E-state index in [0.717, 1.165) is 0 Å². The van der Waals surface area contributed by atoms with Gasteiger partial charge in [0.15, 0.2) is 17.4 Å². The van der Waals surface area contributed by atoms with E-state index in [4.69, 9.17) is 0 Å². The number of fused-ring (bicyclic) bond motifs is 1. The van der Waals surface area contributed by atoms with Crippen LogP contribution in [-0.2, 0) is 32.9 Å². The summed E-state index contributed by atoms with van der Waals surface area (Å²) in [5.74, 6) is -4.22. The Bertz CT molecular complexity index is 1720. The van der Waals surface area contributed by atoms with Crippen LogP contribution in [0.4, 0.5) is 32.0 Å². The average Bonchev–Trinajstić information content (AvgIpc) is 3.27. The molecule has 2 aromatic carbocycles. The number of alkyl halides is 4. The number of sulfonamides is 1. The van der Waals surface area contributed by atoms with Gasteiger partial charge in [-0.25, -0.2) is 38.4 Å². The lowest BCUT2D eigenvalue weighted by molar-refractivity contribution is -0.0523. The second kappa shape index (κ2) is 10.4. The van der Waals surface area contributed by atoms with Crippen molar-refractivity contribution in [2.45, 2.75) is 49.0 Å². The molecule has 0 aliphatic heterocycles. The number of anilines is 1. The number of rotatable bonds is 8. The van der Waals surface area contributed by atoms with Crippen molar-refractivity contribution >= 4 is 25.7 Å². The molecule has 3 aromatic rings. The zero-order valence-corrected chi connectivity index (χ0v) is 22.0. The van der Waals surface area contributed by atoms with Gasteiger partial charge in [-0.2, -0.15) is 14.0 Å². The van der Waals surface area contributed by atoms with Gasteiger partial charge in [-0.15, -0.1) is 0 Å². The first-order valence-corrected chi connectivity index (χ1v) is 14.2. The van der Waals surface area contributed by atoms with E-state index in [1.54, 1.807) is 11.6 Å². The molecule has 8 nitrogen and oxygen atoms in total. The normalized spacial score (nSPS) is 17.5. The third-order valence-electron chi connectivity index (χ3n) is 6.44. The van der Waals surface area contributed by atoms with E-state index >= 15 is 0 Å². The summed E-state index contributed by atoms with van der Waals surface area (Å²) in [6, 6.07) is 7.31. The highest BCUT2D eigenvalue weighted by Gasteiger charge is 2.47. The molecule has 0 bridgehead atoms. The maximum absolute atomic E-state index is 14.5. The largest absolute Gasteiger partial charge is 0.432 e. The molecule has 0 saturated carbocycles. The molecule has 0 unspecified atom stereocenters. The van der Waals surface area contributed by atoms with Crippen LogP contribution in [0.25, 0.3) is 0 Å². The lowest BCUT2D eigenvalue weighted by Gasteiger charge is -2.31. The van der Waals surface area contributed by atoms with Crippen molar-refractivity contribution in [2.24, 2.45) is 5.41 Å². The molecule has 0 saturated heterocycles. The summed E-state index contributed by atoms with van der Waals surface area (Å²) in [6.45, 7) is -1.81. The SMILES string of the molecule is Cc1ccc(S(=O)(=O)n2cc(S(=O)(=O)Nc3cc(F)c(OC(F)F)cc3F)c3c2C[C@](C#N)(C(F)F)CC3)cc1. The number of hydrogen-bond acceptors (Lipinski definition) is 6. The molecular formula is C24H19F6N3O5S2. The average molecular weight is 608 g/mol. The summed E-state index contributed by atoms with van der Waals surface area (Å²) in [5.41, 5.74) is -3.23. The Morgan fingerprint density at radius 3 is 2.27 bits per heavy atom. The van der Waals surface area contributed by atoms with Crippen molar-refractivity contribution in [3.8, 4) is 11.8 Å². The van der Waals surface area contributed by atoms with Crippen LogP contribution in [0.15, 0.2) is 52.4 Å². The van der Waals surface area contributed by atoms with E-state index in [2.05, 4.69) is 4.74 Å². The molecule has 0 fully saturated rings. The molecule has 1 aliphatic carbocycles. The van der Waals surface area contributed by atoms with Crippen molar-refractivity contribution in [1.29, 1.82) is 5.26 Å². The van der Waals surface area contributed by atoms with E-state index in [1.165, 1.54) is 30.3 Å². The number of nitriles is 1. The number of aromatic nitrogens is 1. The number of hydrogen-bond donors (Lipinski definition) is 1. The first kappa shape index (κ1) is 29.3. The fourth-order valence-corrected chi connectivity index (χ4v) is 7.15. The molecule has 16 heteroatoms. The van der Waals surface area contributed by atoms with Crippen LogP contribution in [0.5, 0.6) is 5.75 Å². The van der Waals surface area contributed by atoms with Crippen LogP contribution in [0.3, 0.4) is 0 Å². The Labute approximate surface area is 224 Å². The standard InChI is InChI=1S/C24H19F6N3O5S2/c1-13-2-4-14(5-3-13)40(36,37)33-11-21(15-6-7-24(12-31,22(27)28)10-19(15)33)39(34,35)32-18-8-17(26)20(9-16(18)25)38-23(29)30/h2-5,8-9,11,22-23,32H,6-7,10H2,1H3/t24-/m1/s1. The lowest BCUT2D eigenvalue weighted by Crippen LogP contribution is -2.36. The minimum Gasteiger partial charge on any atom is -0.432 e. The lowest BCUT2D eigenvalue weighted by atomic mass is 9.75. The summed E-state index contributed by atoms with van der Waals surface area (Å²) in [7, 11) is -9.50. The van der Waals surface area contributed by atoms with Crippen LogP contribution < -0.4 is 9.46 Å². The molecule has 0 spiro atoms. The number of nitrogens with zero attached hydrogens (tertiary/aromatic N) is 2. The van der Waals surface area contributed by atoms with Crippen molar-refractivity contribution in [2.75, 3.05) is 4.72 Å². The quantitative estimate of drug-likeness (QED) is 0.361. The highest BCUT2D eigenvalue weighted by Crippen LogP contribution is 2.44. The molecule has 0 radical (unpaired) electrons. The Hall–Kier alpha value is -3.71. The Balaban J connectivity index is 1.86. The second-order valence-corrected chi connectivity index (χ2v) is 12.5. The Morgan fingerprint density at radius 2 is 1.70 bits per heavy atom. The zero-order valence-electron chi connectivity index (χ0n) is 20.3. The molecule has 1 atom stereocenters. The number of benzene rings is 2. The van der Waals surface area contributed by atoms with E-state index < -0.39 is 85.7 Å². The fourth-order valence-electron chi connectivity index (χ4n) is 4.32. The smallest absolute Gasteiger partial charge is 0.387 e. The first-order chi connectivity index (χ1) is 18.6. The summed E-state index contributed by atoms with van der Waals surface area (Å²) >= 11 is 0. The van der Waals surface area contributed by atoms with Crippen molar-refractivity contribution in [1.82, 2.24) is 3.97 Å². The topological polar surface area (TPSA) is 118 Å². The third-order valence-corrected chi connectivity index (χ3v) is 9.57. The maximum atomic E-state index is 14.5. The van der Waals surface area contributed by atoms with Gasteiger partial charge in [-0.3, -0.25) is 4.72 Å². The van der Waals surface area contributed by atoms with E-state index in [-0.39, 0.29) is 28.3 Å². The predicted octanol–water partition coefficient (Wildman–Crippen LogP) is 4.98. The van der Waals surface area contributed by atoms with Crippen LogP contribution >= 0.6 is 0 Å². The number of nitrogens with one attached hydrogen (secondary N) is 1. The van der Waals surface area contributed by atoms with E-state index in [1.807, 2.05) is 0 Å². The van der Waals surface area contributed by atoms with Crippen LogP contribution in [0, 0.1) is 35.3 Å². The van der Waals surface area contributed by atoms with Gasteiger partial charge in [0.2, 0.25) is 0 Å². The highest BCUT2D eigenvalue weighted by molar-refractivity contribution is 7.93. The van der Waals surface area contributed by atoms with Gasteiger partial charge in [-0.1, -0.05) is 17.7 Å². The molecule has 4 rings (SSSR count). The molecule has 1 aromatic heterocycles. The summed E-state index contributed by atoms with van der Waals surface area (Å²) in [4.78, 5) is -1.05. The van der Waals surface area contributed by atoms with Gasteiger partial charge in [0, 0.05) is 30.4 Å². The first-order valence-electron chi connectivity index (χ1n) is 11.3. The van der Waals surface area contributed by atoms with Crippen molar-refractivity contribution < 1.29 is 47.9 Å². The van der Waals surface area contributed by atoms with Gasteiger partial charge in [0.1, 0.15) is 10.3 Å². The summed E-state index contributed by atoms with van der Waals surface area (Å²) in [6.07, 6.45) is -4.35. The molecule has 1 aliphatic rings. The molecule has 0 amide bonds. The zero-order chi connectivity index (χ0) is 29.6. The Kier molecular flexibility index (Phi) is 7.58. The van der Waals surface area contributed by atoms with Crippen molar-refractivity contribution in [3.63, 3.8) is 0 Å². The minimum atomic E-state index is -4.92. The van der Waals surface area contributed by atoms with Crippen LogP contribution in [-0.4, -0.2) is 33.8 Å². The highest BCUT2D eigenvalue weighted by atomic mass is 32.2. The van der Waals surface area contributed by atoms with E-state index in [9.17, 15) is 48.4 Å². The molecule has 40 heavy (non-hydrogen) atoms. The monoisotopic (exact) mass is 607 g/mol. The number of halogens is 6. The van der Waals surface area contributed by atoms with Crippen LogP contribution in [0.2, 0.25) is 0 Å². The minimum absolute atomic E-state index is 0.186. The van der Waals surface area contributed by atoms with Gasteiger partial charge in [0.25, 0.3) is 26.5 Å². The number of aryl methyl sites for hydroxylation is 1. The second-order valence-electron chi connectivity index (χ2n) is 9.02.